The van der Waals surface area contributed by atoms with E-state index < -0.39 is 0 Å². The lowest BCUT2D eigenvalue weighted by Crippen LogP contribution is -2.53. The van der Waals surface area contributed by atoms with Crippen molar-refractivity contribution in [3.63, 3.8) is 0 Å². The molecule has 0 aliphatic rings. The van der Waals surface area contributed by atoms with Crippen molar-refractivity contribution in [2.75, 3.05) is 13.6 Å². The Labute approximate surface area is 103 Å². The topological polar surface area (TPSA) is 29.3 Å². The van der Waals surface area contributed by atoms with Crippen LogP contribution in [0.2, 0.25) is 0 Å². The standard InChI is InChI=1S/C14H32N2/c1-7-9-10-11-16(6)13(12(15)8-2)14(3,4)5/h12-13H,7-11,15H2,1-6H3. The average molecular weight is 228 g/mol. The Morgan fingerprint density at radius 1 is 1.12 bits per heavy atom. The highest BCUT2D eigenvalue weighted by atomic mass is 15.2. The summed E-state index contributed by atoms with van der Waals surface area (Å²) >= 11 is 0. The molecule has 0 radical (unpaired) electrons. The molecule has 0 fully saturated rings. The number of hydrogen-bond acceptors (Lipinski definition) is 2. The van der Waals surface area contributed by atoms with Crippen LogP contribution in [-0.4, -0.2) is 30.6 Å². The summed E-state index contributed by atoms with van der Waals surface area (Å²) < 4.78 is 0. The van der Waals surface area contributed by atoms with Crippen LogP contribution in [0.3, 0.4) is 0 Å². The van der Waals surface area contributed by atoms with Gasteiger partial charge >= 0.3 is 0 Å². The van der Waals surface area contributed by atoms with Crippen LogP contribution in [0.4, 0.5) is 0 Å². The zero-order chi connectivity index (χ0) is 12.8. The van der Waals surface area contributed by atoms with Gasteiger partial charge in [0.25, 0.3) is 0 Å². The van der Waals surface area contributed by atoms with Gasteiger partial charge in [0.05, 0.1) is 0 Å². The monoisotopic (exact) mass is 228 g/mol. The highest BCUT2D eigenvalue weighted by Crippen LogP contribution is 2.26. The van der Waals surface area contributed by atoms with Crippen molar-refractivity contribution in [1.82, 2.24) is 4.90 Å². The lowest BCUT2D eigenvalue weighted by Gasteiger charge is -2.41. The van der Waals surface area contributed by atoms with Crippen LogP contribution in [0.25, 0.3) is 0 Å². The lowest BCUT2D eigenvalue weighted by molar-refractivity contribution is 0.0983. The minimum atomic E-state index is 0.260. The molecule has 0 aliphatic heterocycles. The maximum Gasteiger partial charge on any atom is 0.0292 e. The number of hydrogen-bond donors (Lipinski definition) is 1. The van der Waals surface area contributed by atoms with Gasteiger partial charge < -0.3 is 10.6 Å². The molecule has 0 spiro atoms. The smallest absolute Gasteiger partial charge is 0.0292 e. The first-order chi connectivity index (χ1) is 7.34. The van der Waals surface area contributed by atoms with E-state index in [1.165, 1.54) is 25.8 Å². The molecule has 0 bridgehead atoms. The molecule has 16 heavy (non-hydrogen) atoms. The van der Waals surface area contributed by atoms with Crippen LogP contribution < -0.4 is 5.73 Å². The quantitative estimate of drug-likeness (QED) is 0.678. The molecule has 2 unspecified atom stereocenters. The third-order valence-electron chi connectivity index (χ3n) is 3.35. The zero-order valence-corrected chi connectivity index (χ0v) is 12.2. The van der Waals surface area contributed by atoms with Gasteiger partial charge in [-0.1, -0.05) is 47.5 Å². The van der Waals surface area contributed by atoms with Crippen molar-refractivity contribution in [3.8, 4) is 0 Å². The fourth-order valence-electron chi connectivity index (χ4n) is 2.60. The lowest BCUT2D eigenvalue weighted by atomic mass is 9.80. The van der Waals surface area contributed by atoms with Crippen LogP contribution in [0.15, 0.2) is 0 Å². The largest absolute Gasteiger partial charge is 0.326 e. The molecular weight excluding hydrogens is 196 g/mol. The van der Waals surface area contributed by atoms with Crippen LogP contribution in [0, 0.1) is 5.41 Å². The molecule has 0 aromatic carbocycles. The van der Waals surface area contributed by atoms with E-state index in [-0.39, 0.29) is 11.5 Å². The first-order valence-electron chi connectivity index (χ1n) is 6.80. The fourth-order valence-corrected chi connectivity index (χ4v) is 2.60. The summed E-state index contributed by atoms with van der Waals surface area (Å²) in [5.74, 6) is 0. The molecule has 2 atom stereocenters. The number of nitrogens with zero attached hydrogens (tertiary/aromatic N) is 1. The third-order valence-corrected chi connectivity index (χ3v) is 3.35. The summed E-state index contributed by atoms with van der Waals surface area (Å²) in [6.07, 6.45) is 4.95. The Kier molecular flexibility index (Phi) is 7.25. The Morgan fingerprint density at radius 2 is 1.69 bits per heavy atom. The Morgan fingerprint density at radius 3 is 2.06 bits per heavy atom. The second kappa shape index (κ2) is 7.29. The molecule has 0 amide bonds. The molecule has 0 aromatic rings. The number of unbranched alkanes of at least 4 members (excludes halogenated alkanes) is 2. The van der Waals surface area contributed by atoms with E-state index >= 15 is 0 Å². The fraction of sp³-hybridized carbons (Fsp3) is 1.00. The highest BCUT2D eigenvalue weighted by molar-refractivity contribution is 4.89. The number of rotatable bonds is 7. The van der Waals surface area contributed by atoms with Crippen molar-refractivity contribution >= 4 is 0 Å². The summed E-state index contributed by atoms with van der Waals surface area (Å²) in [6.45, 7) is 12.5. The first-order valence-corrected chi connectivity index (χ1v) is 6.80. The van der Waals surface area contributed by atoms with Gasteiger partial charge in [-0.3, -0.25) is 0 Å². The minimum Gasteiger partial charge on any atom is -0.326 e. The van der Waals surface area contributed by atoms with Crippen LogP contribution in [-0.2, 0) is 0 Å². The van der Waals surface area contributed by atoms with Gasteiger partial charge in [0.2, 0.25) is 0 Å². The van der Waals surface area contributed by atoms with Gasteiger partial charge in [0, 0.05) is 12.1 Å². The Balaban J connectivity index is 4.39. The van der Waals surface area contributed by atoms with Crippen LogP contribution >= 0.6 is 0 Å². The predicted octanol–water partition coefficient (Wildman–Crippen LogP) is 3.26. The summed E-state index contributed by atoms with van der Waals surface area (Å²) in [5, 5.41) is 0. The Bertz CT molecular complexity index is 172. The maximum absolute atomic E-state index is 6.27. The van der Waals surface area contributed by atoms with Crippen molar-refractivity contribution in [2.24, 2.45) is 11.1 Å². The molecule has 0 aliphatic carbocycles. The summed E-state index contributed by atoms with van der Waals surface area (Å²) in [6, 6.07) is 0.765. The normalized spacial score (nSPS) is 16.5. The maximum atomic E-state index is 6.27. The van der Waals surface area contributed by atoms with Crippen LogP contribution in [0.1, 0.15) is 60.3 Å². The van der Waals surface area contributed by atoms with E-state index in [4.69, 9.17) is 5.73 Å². The van der Waals surface area contributed by atoms with Crippen LogP contribution in [0.5, 0.6) is 0 Å². The highest BCUT2D eigenvalue weighted by Gasteiger charge is 2.32. The van der Waals surface area contributed by atoms with E-state index in [1.54, 1.807) is 0 Å². The second-order valence-electron chi connectivity index (χ2n) is 6.07. The zero-order valence-electron chi connectivity index (χ0n) is 12.2. The van der Waals surface area contributed by atoms with Crippen molar-refractivity contribution < 1.29 is 0 Å². The Hall–Kier alpha value is -0.0800. The van der Waals surface area contributed by atoms with Gasteiger partial charge in [-0.2, -0.15) is 0 Å². The summed E-state index contributed by atoms with van der Waals surface area (Å²) in [5.41, 5.74) is 6.53. The summed E-state index contributed by atoms with van der Waals surface area (Å²) in [7, 11) is 2.22. The van der Waals surface area contributed by atoms with Gasteiger partial charge in [0.1, 0.15) is 0 Å². The molecule has 0 saturated carbocycles. The molecule has 0 rings (SSSR count). The molecular formula is C14H32N2. The summed E-state index contributed by atoms with van der Waals surface area (Å²) in [4.78, 5) is 2.46. The molecule has 0 saturated heterocycles. The van der Waals surface area contributed by atoms with Gasteiger partial charge in [0.15, 0.2) is 0 Å². The van der Waals surface area contributed by atoms with Crippen molar-refractivity contribution in [3.05, 3.63) is 0 Å². The minimum absolute atomic E-state index is 0.260. The second-order valence-corrected chi connectivity index (χ2v) is 6.07. The van der Waals surface area contributed by atoms with Crippen molar-refractivity contribution in [2.45, 2.75) is 72.4 Å². The molecule has 2 heteroatoms. The van der Waals surface area contributed by atoms with E-state index in [9.17, 15) is 0 Å². The van der Waals surface area contributed by atoms with Crippen molar-refractivity contribution in [1.29, 1.82) is 0 Å². The average Bonchev–Trinajstić information content (AvgIpc) is 2.16. The van der Waals surface area contributed by atoms with E-state index in [2.05, 4.69) is 46.6 Å². The third kappa shape index (κ3) is 5.31. The van der Waals surface area contributed by atoms with E-state index in [0.29, 0.717) is 6.04 Å². The number of nitrogens with two attached hydrogens (primary N) is 1. The molecule has 0 heterocycles. The first kappa shape index (κ1) is 15.9. The molecule has 98 valence electrons. The van der Waals surface area contributed by atoms with Gasteiger partial charge in [-0.15, -0.1) is 0 Å². The molecule has 2 nitrogen and oxygen atoms in total. The predicted molar refractivity (Wildman–Crippen MR) is 73.7 cm³/mol. The SMILES string of the molecule is CCCCCN(C)C(C(N)CC)C(C)(C)C. The van der Waals surface area contributed by atoms with Gasteiger partial charge in [-0.05, 0) is 31.8 Å². The van der Waals surface area contributed by atoms with E-state index in [1.807, 2.05) is 0 Å². The molecule has 2 N–H and O–H groups in total. The van der Waals surface area contributed by atoms with Gasteiger partial charge in [-0.25, -0.2) is 0 Å². The van der Waals surface area contributed by atoms with E-state index in [0.717, 1.165) is 6.42 Å². The molecule has 0 aromatic heterocycles. The number of likely N-dealkylation sites (N-methyl/N-ethyl adjacent to an activating group) is 1.